The van der Waals surface area contributed by atoms with E-state index in [0.717, 1.165) is 35.5 Å². The number of fused-ring (bicyclic) bond motifs is 1. The number of H-pyrrole nitrogens is 1. The van der Waals surface area contributed by atoms with Gasteiger partial charge in [-0.25, -0.2) is 0 Å². The van der Waals surface area contributed by atoms with Crippen molar-refractivity contribution in [3.05, 3.63) is 76.2 Å². The number of aromatic amines is 1. The average molecular weight is 397 g/mol. The van der Waals surface area contributed by atoms with Crippen LogP contribution in [0.3, 0.4) is 0 Å². The van der Waals surface area contributed by atoms with Crippen molar-refractivity contribution in [3.8, 4) is 11.3 Å². The zero-order valence-electron chi connectivity index (χ0n) is 15.6. The standard InChI is InChI=1S/C22H18F3N3O/c1-13-8-14(10-16(9-13)22(23,24)25)2-3-17-11-15(4-6-26-17)20-12-18-19(28-20)5-7-27-21(18)29/h2-4,6,8-12,28H,5,7H2,1H3,(H,27,29)/b3-2-. The molecule has 148 valence electrons. The Bertz CT molecular complexity index is 1110. The lowest BCUT2D eigenvalue weighted by molar-refractivity contribution is -0.137. The Morgan fingerprint density at radius 1 is 1.10 bits per heavy atom. The Morgan fingerprint density at radius 2 is 1.93 bits per heavy atom. The van der Waals surface area contributed by atoms with Gasteiger partial charge in [0.05, 0.1) is 16.8 Å². The third-order valence-electron chi connectivity index (χ3n) is 4.77. The topological polar surface area (TPSA) is 57.8 Å². The van der Waals surface area contributed by atoms with Crippen molar-refractivity contribution in [1.82, 2.24) is 15.3 Å². The van der Waals surface area contributed by atoms with E-state index in [1.807, 2.05) is 18.2 Å². The minimum Gasteiger partial charge on any atom is -0.358 e. The summed E-state index contributed by atoms with van der Waals surface area (Å²) in [4.78, 5) is 19.5. The van der Waals surface area contributed by atoms with E-state index in [2.05, 4.69) is 15.3 Å². The number of carbonyl (C=O) groups excluding carboxylic acids is 1. The van der Waals surface area contributed by atoms with Crippen LogP contribution in [0.15, 0.2) is 42.6 Å². The number of amides is 1. The lowest BCUT2D eigenvalue weighted by atomic mass is 10.0. The molecule has 2 aromatic heterocycles. The molecule has 0 radical (unpaired) electrons. The molecule has 0 bridgehead atoms. The van der Waals surface area contributed by atoms with Crippen molar-refractivity contribution in [1.29, 1.82) is 0 Å². The number of halogens is 3. The molecular formula is C22H18F3N3O. The average Bonchev–Trinajstić information content (AvgIpc) is 3.11. The molecular weight excluding hydrogens is 379 g/mol. The molecule has 1 amide bonds. The zero-order chi connectivity index (χ0) is 20.6. The maximum atomic E-state index is 13.0. The van der Waals surface area contributed by atoms with Gasteiger partial charge in [-0.1, -0.05) is 12.1 Å². The summed E-state index contributed by atoms with van der Waals surface area (Å²) in [5.41, 5.74) is 4.12. The van der Waals surface area contributed by atoms with Crippen LogP contribution in [0.4, 0.5) is 13.2 Å². The largest absolute Gasteiger partial charge is 0.416 e. The minimum absolute atomic E-state index is 0.0946. The monoisotopic (exact) mass is 397 g/mol. The van der Waals surface area contributed by atoms with Crippen LogP contribution in [0.2, 0.25) is 0 Å². The summed E-state index contributed by atoms with van der Waals surface area (Å²) < 4.78 is 39.0. The fourth-order valence-electron chi connectivity index (χ4n) is 3.41. The molecule has 4 rings (SSSR count). The van der Waals surface area contributed by atoms with Crippen LogP contribution in [0.1, 0.15) is 38.4 Å². The van der Waals surface area contributed by atoms with Crippen molar-refractivity contribution >= 4 is 18.1 Å². The minimum atomic E-state index is -4.38. The van der Waals surface area contributed by atoms with Gasteiger partial charge in [0.2, 0.25) is 0 Å². The number of aromatic nitrogens is 2. The van der Waals surface area contributed by atoms with E-state index in [-0.39, 0.29) is 5.91 Å². The van der Waals surface area contributed by atoms with Gasteiger partial charge < -0.3 is 10.3 Å². The number of nitrogens with zero attached hydrogens (tertiary/aromatic N) is 1. The van der Waals surface area contributed by atoms with Crippen molar-refractivity contribution in [2.75, 3.05) is 6.54 Å². The molecule has 1 aliphatic rings. The summed E-state index contributed by atoms with van der Waals surface area (Å²) in [6.07, 6.45) is 1.28. The van der Waals surface area contributed by atoms with E-state index < -0.39 is 11.7 Å². The number of aryl methyl sites for hydroxylation is 1. The first-order valence-corrected chi connectivity index (χ1v) is 9.13. The predicted octanol–water partition coefficient (Wildman–Crippen LogP) is 4.86. The van der Waals surface area contributed by atoms with E-state index >= 15 is 0 Å². The molecule has 29 heavy (non-hydrogen) atoms. The van der Waals surface area contributed by atoms with Gasteiger partial charge in [-0.15, -0.1) is 0 Å². The quantitative estimate of drug-likeness (QED) is 0.663. The molecule has 0 unspecified atom stereocenters. The van der Waals surface area contributed by atoms with Gasteiger partial charge >= 0.3 is 6.18 Å². The Kier molecular flexibility index (Phi) is 4.74. The molecule has 0 fully saturated rings. The Balaban J connectivity index is 1.62. The predicted molar refractivity (Wildman–Crippen MR) is 105 cm³/mol. The number of nitrogens with one attached hydrogen (secondary N) is 2. The highest BCUT2D eigenvalue weighted by molar-refractivity contribution is 5.97. The van der Waals surface area contributed by atoms with Gasteiger partial charge in [0.25, 0.3) is 5.91 Å². The maximum Gasteiger partial charge on any atom is 0.416 e. The third kappa shape index (κ3) is 4.08. The van der Waals surface area contributed by atoms with Crippen molar-refractivity contribution in [3.63, 3.8) is 0 Å². The third-order valence-corrected chi connectivity index (χ3v) is 4.77. The number of alkyl halides is 3. The first-order chi connectivity index (χ1) is 13.8. The van der Waals surface area contributed by atoms with Crippen LogP contribution >= 0.6 is 0 Å². The number of hydrogen-bond acceptors (Lipinski definition) is 2. The van der Waals surface area contributed by atoms with E-state index in [1.165, 1.54) is 0 Å². The molecule has 4 nitrogen and oxygen atoms in total. The lowest BCUT2D eigenvalue weighted by Crippen LogP contribution is -2.31. The van der Waals surface area contributed by atoms with Crippen LogP contribution in [-0.4, -0.2) is 22.4 Å². The molecule has 1 aromatic carbocycles. The van der Waals surface area contributed by atoms with Crippen molar-refractivity contribution < 1.29 is 18.0 Å². The van der Waals surface area contributed by atoms with Crippen LogP contribution < -0.4 is 5.32 Å². The molecule has 0 spiro atoms. The summed E-state index contributed by atoms with van der Waals surface area (Å²) in [5.74, 6) is -0.0946. The van der Waals surface area contributed by atoms with E-state index in [9.17, 15) is 18.0 Å². The van der Waals surface area contributed by atoms with E-state index in [0.29, 0.717) is 28.9 Å². The molecule has 0 aliphatic carbocycles. The number of hydrogen-bond donors (Lipinski definition) is 2. The van der Waals surface area contributed by atoms with Crippen LogP contribution in [0.5, 0.6) is 0 Å². The SMILES string of the molecule is Cc1cc(/C=C\c2cc(-c3cc4c([nH]3)CCNC4=O)ccn2)cc(C(F)(F)F)c1. The summed E-state index contributed by atoms with van der Waals surface area (Å²) in [6.45, 7) is 2.24. The van der Waals surface area contributed by atoms with Gasteiger partial charge in [-0.2, -0.15) is 13.2 Å². The molecule has 2 N–H and O–H groups in total. The Morgan fingerprint density at radius 3 is 2.69 bits per heavy atom. The van der Waals surface area contributed by atoms with E-state index in [1.54, 1.807) is 31.3 Å². The molecule has 0 atom stereocenters. The Labute approximate surface area is 165 Å². The lowest BCUT2D eigenvalue weighted by Gasteiger charge is -2.10. The van der Waals surface area contributed by atoms with Gasteiger partial charge in [0.15, 0.2) is 0 Å². The molecule has 0 saturated carbocycles. The highest BCUT2D eigenvalue weighted by atomic mass is 19.4. The smallest absolute Gasteiger partial charge is 0.358 e. The second-order valence-corrected chi connectivity index (χ2v) is 7.01. The second-order valence-electron chi connectivity index (χ2n) is 7.01. The van der Waals surface area contributed by atoms with Crippen LogP contribution in [0.25, 0.3) is 23.4 Å². The summed E-state index contributed by atoms with van der Waals surface area (Å²) in [5, 5.41) is 2.81. The van der Waals surface area contributed by atoms with Gasteiger partial charge in [-0.3, -0.25) is 9.78 Å². The molecule has 3 aromatic rings. The highest BCUT2D eigenvalue weighted by Crippen LogP contribution is 2.31. The number of rotatable bonds is 3. The van der Waals surface area contributed by atoms with Crippen molar-refractivity contribution in [2.24, 2.45) is 0 Å². The second kappa shape index (κ2) is 7.24. The maximum absolute atomic E-state index is 13.0. The molecule has 0 saturated heterocycles. The summed E-state index contributed by atoms with van der Waals surface area (Å²) in [6, 6.07) is 9.38. The van der Waals surface area contributed by atoms with E-state index in [4.69, 9.17) is 0 Å². The number of carbonyl (C=O) groups is 1. The summed E-state index contributed by atoms with van der Waals surface area (Å²) in [7, 11) is 0. The summed E-state index contributed by atoms with van der Waals surface area (Å²) >= 11 is 0. The normalized spacial score (nSPS) is 14.1. The molecule has 1 aliphatic heterocycles. The Hall–Kier alpha value is -3.35. The number of pyridine rings is 1. The first kappa shape index (κ1) is 19.0. The molecule has 7 heteroatoms. The van der Waals surface area contributed by atoms with Crippen LogP contribution in [-0.2, 0) is 12.6 Å². The number of benzene rings is 1. The fourth-order valence-corrected chi connectivity index (χ4v) is 3.41. The first-order valence-electron chi connectivity index (χ1n) is 9.13. The van der Waals surface area contributed by atoms with Gasteiger partial charge in [0.1, 0.15) is 0 Å². The van der Waals surface area contributed by atoms with Gasteiger partial charge in [-0.05, 0) is 54.5 Å². The molecule has 3 heterocycles. The zero-order valence-corrected chi connectivity index (χ0v) is 15.6. The fraction of sp³-hybridized carbons (Fsp3) is 0.182. The highest BCUT2D eigenvalue weighted by Gasteiger charge is 2.30. The van der Waals surface area contributed by atoms with Crippen molar-refractivity contribution in [2.45, 2.75) is 19.5 Å². The van der Waals surface area contributed by atoms with Crippen LogP contribution in [0, 0.1) is 6.92 Å². The van der Waals surface area contributed by atoms with Gasteiger partial charge in [0, 0.05) is 36.1 Å².